The van der Waals surface area contributed by atoms with Crippen molar-refractivity contribution < 1.29 is 9.59 Å². The van der Waals surface area contributed by atoms with Crippen LogP contribution in [-0.2, 0) is 16.0 Å². The van der Waals surface area contributed by atoms with Crippen LogP contribution in [-0.4, -0.2) is 40.7 Å². The van der Waals surface area contributed by atoms with Gasteiger partial charge in [0.2, 0.25) is 11.8 Å². The summed E-state index contributed by atoms with van der Waals surface area (Å²) in [5, 5.41) is 3.19. The van der Waals surface area contributed by atoms with Crippen molar-refractivity contribution in [3.63, 3.8) is 0 Å². The molecule has 0 saturated heterocycles. The number of hydrogen-bond donors (Lipinski definition) is 0. The van der Waals surface area contributed by atoms with Gasteiger partial charge in [-0.1, -0.05) is 42.1 Å². The summed E-state index contributed by atoms with van der Waals surface area (Å²) in [7, 11) is 0. The zero-order valence-electron chi connectivity index (χ0n) is 17.9. The fourth-order valence-electron chi connectivity index (χ4n) is 4.80. The van der Waals surface area contributed by atoms with Gasteiger partial charge in [0.25, 0.3) is 0 Å². The smallest absolute Gasteiger partial charge is 0.243 e. The van der Waals surface area contributed by atoms with Crippen LogP contribution in [0.5, 0.6) is 0 Å². The summed E-state index contributed by atoms with van der Waals surface area (Å²) in [6.07, 6.45) is 4.88. The molecule has 0 N–H and O–H groups in total. The van der Waals surface area contributed by atoms with Crippen LogP contribution in [0.1, 0.15) is 61.6 Å². The van der Waals surface area contributed by atoms with Crippen molar-refractivity contribution in [1.82, 2.24) is 9.80 Å². The molecule has 4 rings (SSSR count). The van der Waals surface area contributed by atoms with E-state index in [4.69, 9.17) is 23.2 Å². The zero-order chi connectivity index (χ0) is 22.1. The van der Waals surface area contributed by atoms with Gasteiger partial charge >= 0.3 is 0 Å². The highest BCUT2D eigenvalue weighted by molar-refractivity contribution is 7.10. The summed E-state index contributed by atoms with van der Waals surface area (Å²) in [6, 6.07) is 7.26. The van der Waals surface area contributed by atoms with Crippen LogP contribution in [0.3, 0.4) is 0 Å². The summed E-state index contributed by atoms with van der Waals surface area (Å²) in [5.74, 6) is 0.143. The van der Waals surface area contributed by atoms with Crippen molar-refractivity contribution >= 4 is 46.4 Å². The van der Waals surface area contributed by atoms with Gasteiger partial charge in [-0.05, 0) is 67.8 Å². The van der Waals surface area contributed by atoms with Crippen molar-refractivity contribution in [2.45, 2.75) is 58.0 Å². The molecule has 7 heteroatoms. The summed E-state index contributed by atoms with van der Waals surface area (Å²) in [5.41, 5.74) is 1.99. The SMILES string of the molecule is CC(C)N(CC(=O)N1CCc2sccc2C1c1ccc(Cl)cc1Cl)C(=O)C1CCCC1. The molecular weight excluding hydrogens is 451 g/mol. The Bertz CT molecular complexity index is 968. The highest BCUT2D eigenvalue weighted by Crippen LogP contribution is 2.41. The van der Waals surface area contributed by atoms with Crippen molar-refractivity contribution in [3.8, 4) is 0 Å². The second kappa shape index (κ2) is 9.51. The van der Waals surface area contributed by atoms with Gasteiger partial charge in [-0.3, -0.25) is 9.59 Å². The second-order valence-corrected chi connectivity index (χ2v) is 10.6. The molecule has 2 aliphatic rings. The van der Waals surface area contributed by atoms with E-state index in [1.54, 1.807) is 22.3 Å². The molecule has 2 amide bonds. The number of benzene rings is 1. The standard InChI is InChI=1S/C24H28Cl2N2O2S/c1-15(2)28(24(30)16-5-3-4-6-16)14-22(29)27-11-9-21-19(10-12-31-21)23(27)18-8-7-17(25)13-20(18)26/h7-8,10,12-13,15-16,23H,3-6,9,11,14H2,1-2H3. The van der Waals surface area contributed by atoms with Crippen LogP contribution >= 0.6 is 34.5 Å². The maximum absolute atomic E-state index is 13.6. The van der Waals surface area contributed by atoms with Crippen molar-refractivity contribution in [2.75, 3.05) is 13.1 Å². The molecule has 31 heavy (non-hydrogen) atoms. The van der Waals surface area contributed by atoms with E-state index in [-0.39, 0.29) is 36.4 Å². The van der Waals surface area contributed by atoms with Crippen LogP contribution in [0.15, 0.2) is 29.6 Å². The van der Waals surface area contributed by atoms with E-state index in [0.29, 0.717) is 16.6 Å². The van der Waals surface area contributed by atoms with Crippen LogP contribution < -0.4 is 0 Å². The van der Waals surface area contributed by atoms with Gasteiger partial charge in [0.1, 0.15) is 6.54 Å². The molecule has 4 nitrogen and oxygen atoms in total. The Balaban J connectivity index is 1.63. The molecule has 1 fully saturated rings. The number of carbonyl (C=O) groups excluding carboxylic acids is 2. The number of halogens is 2. The molecule has 1 atom stereocenters. The molecule has 1 aromatic carbocycles. The minimum Gasteiger partial charge on any atom is -0.331 e. The van der Waals surface area contributed by atoms with E-state index in [9.17, 15) is 9.59 Å². The number of thiophene rings is 1. The fourth-order valence-corrected chi connectivity index (χ4v) is 6.22. The van der Waals surface area contributed by atoms with E-state index in [0.717, 1.165) is 43.2 Å². The Hall–Kier alpha value is -1.56. The molecule has 1 saturated carbocycles. The molecule has 1 aromatic heterocycles. The molecule has 0 radical (unpaired) electrons. The summed E-state index contributed by atoms with van der Waals surface area (Å²) < 4.78 is 0. The summed E-state index contributed by atoms with van der Waals surface area (Å²) in [6.45, 7) is 4.69. The molecular formula is C24H28Cl2N2O2S. The molecule has 0 spiro atoms. The predicted molar refractivity (Wildman–Crippen MR) is 127 cm³/mol. The monoisotopic (exact) mass is 478 g/mol. The first-order valence-electron chi connectivity index (χ1n) is 11.0. The maximum Gasteiger partial charge on any atom is 0.243 e. The first-order chi connectivity index (χ1) is 14.9. The Labute approximate surface area is 198 Å². The topological polar surface area (TPSA) is 40.6 Å². The molecule has 1 aliphatic heterocycles. The molecule has 0 bridgehead atoms. The van der Waals surface area contributed by atoms with Gasteiger partial charge in [-0.25, -0.2) is 0 Å². The Morgan fingerprint density at radius 3 is 2.58 bits per heavy atom. The van der Waals surface area contributed by atoms with Crippen LogP contribution in [0.4, 0.5) is 0 Å². The lowest BCUT2D eigenvalue weighted by Crippen LogP contribution is -2.49. The fraction of sp³-hybridized carbons (Fsp3) is 0.500. The van der Waals surface area contributed by atoms with Gasteiger partial charge in [0, 0.05) is 33.4 Å². The average Bonchev–Trinajstić information content (AvgIpc) is 3.42. The minimum absolute atomic E-state index is 0.0175. The molecule has 1 unspecified atom stereocenters. The largest absolute Gasteiger partial charge is 0.331 e. The Morgan fingerprint density at radius 2 is 1.90 bits per heavy atom. The number of nitrogens with zero attached hydrogens (tertiary/aromatic N) is 2. The van der Waals surface area contributed by atoms with Crippen LogP contribution in [0.2, 0.25) is 10.0 Å². The van der Waals surface area contributed by atoms with Crippen molar-refractivity contribution in [3.05, 3.63) is 55.7 Å². The third kappa shape index (κ3) is 4.64. The molecule has 166 valence electrons. The third-order valence-corrected chi connectivity index (χ3v) is 8.02. The van der Waals surface area contributed by atoms with E-state index in [2.05, 4.69) is 11.4 Å². The van der Waals surface area contributed by atoms with Crippen molar-refractivity contribution in [2.24, 2.45) is 5.92 Å². The number of rotatable bonds is 5. The van der Waals surface area contributed by atoms with E-state index < -0.39 is 0 Å². The second-order valence-electron chi connectivity index (χ2n) is 8.75. The van der Waals surface area contributed by atoms with Crippen LogP contribution in [0, 0.1) is 5.92 Å². The van der Waals surface area contributed by atoms with Crippen LogP contribution in [0.25, 0.3) is 0 Å². The number of carbonyl (C=O) groups is 2. The summed E-state index contributed by atoms with van der Waals surface area (Å²) in [4.78, 5) is 31.7. The number of amides is 2. The highest BCUT2D eigenvalue weighted by Gasteiger charge is 2.36. The minimum atomic E-state index is -0.261. The maximum atomic E-state index is 13.6. The first kappa shape index (κ1) is 22.6. The van der Waals surface area contributed by atoms with Gasteiger partial charge in [-0.15, -0.1) is 11.3 Å². The van der Waals surface area contributed by atoms with Gasteiger partial charge in [-0.2, -0.15) is 0 Å². The molecule has 1 aliphatic carbocycles. The Kier molecular flexibility index (Phi) is 6.95. The number of fused-ring (bicyclic) bond motifs is 1. The first-order valence-corrected chi connectivity index (χ1v) is 12.6. The average molecular weight is 479 g/mol. The van der Waals surface area contributed by atoms with Gasteiger partial charge < -0.3 is 9.80 Å². The lowest BCUT2D eigenvalue weighted by Gasteiger charge is -2.39. The summed E-state index contributed by atoms with van der Waals surface area (Å²) >= 11 is 14.4. The van der Waals surface area contributed by atoms with E-state index >= 15 is 0 Å². The Morgan fingerprint density at radius 1 is 1.16 bits per heavy atom. The highest BCUT2D eigenvalue weighted by atomic mass is 35.5. The molecule has 2 aromatic rings. The quantitative estimate of drug-likeness (QED) is 0.531. The normalized spacial score (nSPS) is 19.0. The number of hydrogen-bond acceptors (Lipinski definition) is 3. The van der Waals surface area contributed by atoms with E-state index in [1.165, 1.54) is 4.88 Å². The molecule has 2 heterocycles. The van der Waals surface area contributed by atoms with E-state index in [1.807, 2.05) is 30.9 Å². The van der Waals surface area contributed by atoms with Gasteiger partial charge in [0.05, 0.1) is 6.04 Å². The zero-order valence-corrected chi connectivity index (χ0v) is 20.3. The predicted octanol–water partition coefficient (Wildman–Crippen LogP) is 5.96. The van der Waals surface area contributed by atoms with Crippen molar-refractivity contribution in [1.29, 1.82) is 0 Å². The lowest BCUT2D eigenvalue weighted by atomic mass is 9.93. The van der Waals surface area contributed by atoms with Gasteiger partial charge in [0.15, 0.2) is 0 Å². The third-order valence-electron chi connectivity index (χ3n) is 6.46. The lowest BCUT2D eigenvalue weighted by molar-refractivity contribution is -0.145.